The molecule has 1 atom stereocenters. The summed E-state index contributed by atoms with van der Waals surface area (Å²) < 4.78 is 32.5. The largest absolute Gasteiger partial charge is 0.383 e. The molecule has 0 bridgehead atoms. The van der Waals surface area contributed by atoms with E-state index in [-0.39, 0.29) is 22.5 Å². The van der Waals surface area contributed by atoms with E-state index >= 15 is 0 Å². The Morgan fingerprint density at radius 1 is 1.33 bits per heavy atom. The van der Waals surface area contributed by atoms with Crippen LogP contribution in [-0.2, 0) is 21.3 Å². The highest BCUT2D eigenvalue weighted by molar-refractivity contribution is 7.89. The fourth-order valence-corrected chi connectivity index (χ4v) is 4.07. The molecular weight excluding hydrogens is 335 g/mol. The lowest BCUT2D eigenvalue weighted by molar-refractivity contribution is 0.171. The second kappa shape index (κ2) is 8.31. The van der Waals surface area contributed by atoms with Crippen molar-refractivity contribution in [2.45, 2.75) is 37.2 Å². The Balaban J connectivity index is 3.12. The van der Waals surface area contributed by atoms with Crippen molar-refractivity contribution in [3.63, 3.8) is 0 Å². The second-order valence-corrected chi connectivity index (χ2v) is 7.14. The Labute approximate surface area is 135 Å². The number of benzene rings is 1. The maximum absolute atomic E-state index is 12.5. The maximum atomic E-state index is 12.5. The van der Waals surface area contributed by atoms with Crippen molar-refractivity contribution in [1.82, 2.24) is 4.72 Å². The highest BCUT2D eigenvalue weighted by Gasteiger charge is 2.23. The first-order chi connectivity index (χ1) is 9.85. The van der Waals surface area contributed by atoms with Gasteiger partial charge in [0.2, 0.25) is 10.0 Å². The summed E-state index contributed by atoms with van der Waals surface area (Å²) >= 11 is 12.0. The molecule has 1 aromatic carbocycles. The monoisotopic (exact) mass is 354 g/mol. The van der Waals surface area contributed by atoms with Gasteiger partial charge in [0.1, 0.15) is 4.90 Å². The van der Waals surface area contributed by atoms with Gasteiger partial charge >= 0.3 is 0 Å². The van der Waals surface area contributed by atoms with Crippen LogP contribution in [0.4, 0.5) is 0 Å². The molecule has 0 aliphatic heterocycles. The lowest BCUT2D eigenvalue weighted by Crippen LogP contribution is -2.38. The van der Waals surface area contributed by atoms with Gasteiger partial charge in [0.25, 0.3) is 0 Å². The molecule has 0 saturated carbocycles. The van der Waals surface area contributed by atoms with E-state index in [0.717, 1.165) is 6.42 Å². The summed E-state index contributed by atoms with van der Waals surface area (Å²) in [5.74, 6) is 0. The number of nitrogens with one attached hydrogen (secondary N) is 1. The van der Waals surface area contributed by atoms with Gasteiger partial charge in [-0.3, -0.25) is 0 Å². The van der Waals surface area contributed by atoms with Crippen LogP contribution in [0.2, 0.25) is 10.0 Å². The Morgan fingerprint density at radius 2 is 2.00 bits per heavy atom. The van der Waals surface area contributed by atoms with Crippen LogP contribution in [0, 0.1) is 0 Å². The highest BCUT2D eigenvalue weighted by atomic mass is 35.5. The van der Waals surface area contributed by atoms with Gasteiger partial charge < -0.3 is 10.5 Å². The van der Waals surface area contributed by atoms with E-state index in [1.807, 2.05) is 6.92 Å². The molecule has 1 aromatic rings. The zero-order valence-electron chi connectivity index (χ0n) is 12.0. The van der Waals surface area contributed by atoms with Crippen molar-refractivity contribution in [3.8, 4) is 0 Å². The molecule has 0 fully saturated rings. The van der Waals surface area contributed by atoms with Crippen molar-refractivity contribution < 1.29 is 13.2 Å². The zero-order valence-corrected chi connectivity index (χ0v) is 14.4. The maximum Gasteiger partial charge on any atom is 0.242 e. The van der Waals surface area contributed by atoms with Crippen LogP contribution in [0.3, 0.4) is 0 Å². The SMILES string of the molecule is CCCC(COC)NS(=O)(=O)c1cc(CN)c(Cl)cc1Cl. The van der Waals surface area contributed by atoms with Gasteiger partial charge in [-0.15, -0.1) is 0 Å². The number of hydrogen-bond donors (Lipinski definition) is 2. The summed E-state index contributed by atoms with van der Waals surface area (Å²) in [5, 5.41) is 0.417. The normalized spacial score (nSPS) is 13.4. The summed E-state index contributed by atoms with van der Waals surface area (Å²) in [5.41, 5.74) is 6.07. The quantitative estimate of drug-likeness (QED) is 0.751. The van der Waals surface area contributed by atoms with Crippen molar-refractivity contribution >= 4 is 33.2 Å². The third-order valence-electron chi connectivity index (χ3n) is 2.94. The predicted molar refractivity (Wildman–Crippen MR) is 85.2 cm³/mol. The van der Waals surface area contributed by atoms with Crippen molar-refractivity contribution in [3.05, 3.63) is 27.7 Å². The van der Waals surface area contributed by atoms with Crippen molar-refractivity contribution in [2.24, 2.45) is 5.73 Å². The van der Waals surface area contributed by atoms with E-state index in [0.29, 0.717) is 23.6 Å². The molecule has 1 rings (SSSR count). The Morgan fingerprint density at radius 3 is 2.52 bits per heavy atom. The highest BCUT2D eigenvalue weighted by Crippen LogP contribution is 2.28. The van der Waals surface area contributed by atoms with Gasteiger partial charge in [0.05, 0.1) is 11.6 Å². The number of halogens is 2. The molecule has 0 aliphatic rings. The number of sulfonamides is 1. The molecule has 5 nitrogen and oxygen atoms in total. The molecule has 0 amide bonds. The molecule has 8 heteroatoms. The van der Waals surface area contributed by atoms with Crippen LogP contribution in [0.5, 0.6) is 0 Å². The van der Waals surface area contributed by atoms with Crippen LogP contribution < -0.4 is 10.5 Å². The van der Waals surface area contributed by atoms with E-state index in [1.165, 1.54) is 19.2 Å². The average Bonchev–Trinajstić information content (AvgIpc) is 2.38. The summed E-state index contributed by atoms with van der Waals surface area (Å²) in [7, 11) is -2.23. The van der Waals surface area contributed by atoms with E-state index < -0.39 is 10.0 Å². The number of nitrogens with two attached hydrogens (primary N) is 1. The van der Waals surface area contributed by atoms with Gasteiger partial charge in [-0.25, -0.2) is 13.1 Å². The van der Waals surface area contributed by atoms with Crippen molar-refractivity contribution in [2.75, 3.05) is 13.7 Å². The van der Waals surface area contributed by atoms with E-state index in [1.54, 1.807) is 0 Å². The summed E-state index contributed by atoms with van der Waals surface area (Å²) in [6.07, 6.45) is 1.50. The Kier molecular flexibility index (Phi) is 7.39. The molecule has 120 valence electrons. The number of rotatable bonds is 8. The predicted octanol–water partition coefficient (Wildman–Crippen LogP) is 2.55. The van der Waals surface area contributed by atoms with Crippen LogP contribution in [-0.4, -0.2) is 28.2 Å². The Bertz CT molecular complexity index is 573. The van der Waals surface area contributed by atoms with Gasteiger partial charge in [0.15, 0.2) is 0 Å². The minimum absolute atomic E-state index is 0.0220. The van der Waals surface area contributed by atoms with Gasteiger partial charge in [-0.05, 0) is 24.1 Å². The van der Waals surface area contributed by atoms with Crippen LogP contribution in [0.1, 0.15) is 25.3 Å². The van der Waals surface area contributed by atoms with Gasteiger partial charge in [-0.1, -0.05) is 36.5 Å². The molecule has 21 heavy (non-hydrogen) atoms. The molecule has 0 heterocycles. The second-order valence-electron chi connectivity index (χ2n) is 4.64. The minimum atomic E-state index is -3.76. The first-order valence-electron chi connectivity index (χ1n) is 6.55. The summed E-state index contributed by atoms with van der Waals surface area (Å²) in [6, 6.07) is 2.49. The van der Waals surface area contributed by atoms with Crippen LogP contribution in [0.15, 0.2) is 17.0 Å². The standard InChI is InChI=1S/C13H20Cl2N2O3S/c1-3-4-10(8-20-2)17-21(18,19)13-5-9(7-16)11(14)6-12(13)15/h5-6,10,17H,3-4,7-8,16H2,1-2H3. The number of ether oxygens (including phenoxy) is 1. The van der Waals surface area contributed by atoms with Crippen LogP contribution >= 0.6 is 23.2 Å². The number of methoxy groups -OCH3 is 1. The van der Waals surface area contributed by atoms with Gasteiger partial charge in [0, 0.05) is 24.7 Å². The molecule has 0 spiro atoms. The summed E-state index contributed by atoms with van der Waals surface area (Å²) in [6.45, 7) is 2.40. The summed E-state index contributed by atoms with van der Waals surface area (Å²) in [4.78, 5) is -0.0220. The van der Waals surface area contributed by atoms with E-state index in [9.17, 15) is 8.42 Å². The molecule has 0 aliphatic carbocycles. The molecule has 0 radical (unpaired) electrons. The topological polar surface area (TPSA) is 81.4 Å². The number of hydrogen-bond acceptors (Lipinski definition) is 4. The average molecular weight is 355 g/mol. The molecular formula is C13H20Cl2N2O3S. The smallest absolute Gasteiger partial charge is 0.242 e. The zero-order chi connectivity index (χ0) is 16.0. The molecule has 0 saturated heterocycles. The van der Waals surface area contributed by atoms with E-state index in [4.69, 9.17) is 33.7 Å². The molecule has 1 unspecified atom stereocenters. The fourth-order valence-electron chi connectivity index (χ4n) is 1.94. The lowest BCUT2D eigenvalue weighted by atomic mass is 10.2. The first-order valence-corrected chi connectivity index (χ1v) is 8.78. The molecule has 3 N–H and O–H groups in total. The third kappa shape index (κ3) is 5.09. The first kappa shape index (κ1) is 18.7. The Hall–Kier alpha value is -0.370. The lowest BCUT2D eigenvalue weighted by Gasteiger charge is -2.18. The third-order valence-corrected chi connectivity index (χ3v) is 5.27. The van der Waals surface area contributed by atoms with Crippen LogP contribution in [0.25, 0.3) is 0 Å². The van der Waals surface area contributed by atoms with E-state index in [2.05, 4.69) is 4.72 Å². The fraction of sp³-hybridized carbons (Fsp3) is 0.538. The molecule has 0 aromatic heterocycles. The van der Waals surface area contributed by atoms with Gasteiger partial charge in [-0.2, -0.15) is 0 Å². The van der Waals surface area contributed by atoms with Crippen molar-refractivity contribution in [1.29, 1.82) is 0 Å². The minimum Gasteiger partial charge on any atom is -0.383 e.